The molecule has 2 aromatic rings. The van der Waals surface area contributed by atoms with Gasteiger partial charge in [-0.25, -0.2) is 4.79 Å². The number of halogens is 1. The van der Waals surface area contributed by atoms with Crippen molar-refractivity contribution in [1.82, 2.24) is 15.5 Å². The van der Waals surface area contributed by atoms with Gasteiger partial charge in [-0.05, 0) is 54.8 Å². The number of ether oxygens (including phenoxy) is 1. The lowest BCUT2D eigenvalue weighted by Gasteiger charge is -2.33. The van der Waals surface area contributed by atoms with Crippen molar-refractivity contribution >= 4 is 35.1 Å². The van der Waals surface area contributed by atoms with Crippen LogP contribution in [0.25, 0.3) is 0 Å². The minimum absolute atomic E-state index is 0.0707. The fourth-order valence-corrected chi connectivity index (χ4v) is 3.88. The quantitative estimate of drug-likeness (QED) is 0.576. The lowest BCUT2D eigenvalue weighted by Crippen LogP contribution is -2.53. The summed E-state index contributed by atoms with van der Waals surface area (Å²) >= 11 is 5.88. The first-order valence-corrected chi connectivity index (χ1v) is 11.2. The minimum atomic E-state index is -0.694. The van der Waals surface area contributed by atoms with Crippen LogP contribution in [0.1, 0.15) is 25.3 Å². The molecule has 0 saturated carbocycles. The molecule has 0 radical (unpaired) electrons. The van der Waals surface area contributed by atoms with Crippen LogP contribution in [0, 0.1) is 0 Å². The fraction of sp³-hybridized carbons (Fsp3) is 0.375. The van der Waals surface area contributed by atoms with Crippen molar-refractivity contribution in [3.05, 3.63) is 59.1 Å². The molecule has 1 heterocycles. The molecule has 1 saturated heterocycles. The lowest BCUT2D eigenvalue weighted by molar-refractivity contribution is -0.128. The highest BCUT2D eigenvalue weighted by atomic mass is 35.5. The fourth-order valence-electron chi connectivity index (χ4n) is 3.75. The Balaban J connectivity index is 1.52. The SMILES string of the molecule is COc1cccc(CC(NC(C)=O)C(=O)NC2CCN(C(=O)Nc3ccc(Cl)cc3)CC2)c1. The van der Waals surface area contributed by atoms with Crippen molar-refractivity contribution in [2.24, 2.45) is 0 Å². The molecule has 0 aromatic heterocycles. The van der Waals surface area contributed by atoms with Crippen LogP contribution in [0.5, 0.6) is 5.75 Å². The van der Waals surface area contributed by atoms with Crippen LogP contribution in [0.15, 0.2) is 48.5 Å². The van der Waals surface area contributed by atoms with Crippen LogP contribution in [0.4, 0.5) is 10.5 Å². The second-order valence-electron chi connectivity index (χ2n) is 8.02. The van der Waals surface area contributed by atoms with E-state index in [-0.39, 0.29) is 23.9 Å². The zero-order valence-electron chi connectivity index (χ0n) is 18.8. The molecule has 1 aliphatic rings. The van der Waals surface area contributed by atoms with E-state index < -0.39 is 6.04 Å². The number of carbonyl (C=O) groups is 3. The number of methoxy groups -OCH3 is 1. The zero-order chi connectivity index (χ0) is 23.8. The highest BCUT2D eigenvalue weighted by molar-refractivity contribution is 6.30. The number of benzene rings is 2. The largest absolute Gasteiger partial charge is 0.497 e. The molecule has 8 nitrogen and oxygen atoms in total. The van der Waals surface area contributed by atoms with Crippen molar-refractivity contribution in [3.63, 3.8) is 0 Å². The van der Waals surface area contributed by atoms with Gasteiger partial charge in [0, 0.05) is 43.2 Å². The van der Waals surface area contributed by atoms with Gasteiger partial charge in [-0.3, -0.25) is 9.59 Å². The third kappa shape index (κ3) is 7.39. The van der Waals surface area contributed by atoms with Gasteiger partial charge in [0.2, 0.25) is 11.8 Å². The summed E-state index contributed by atoms with van der Waals surface area (Å²) in [6.45, 7) is 2.43. The summed E-state index contributed by atoms with van der Waals surface area (Å²) in [6, 6.07) is 13.4. The van der Waals surface area contributed by atoms with Gasteiger partial charge in [0.25, 0.3) is 0 Å². The molecule has 0 aliphatic carbocycles. The highest BCUT2D eigenvalue weighted by Gasteiger charge is 2.27. The summed E-state index contributed by atoms with van der Waals surface area (Å²) in [5.74, 6) is 0.183. The summed E-state index contributed by atoms with van der Waals surface area (Å²) in [6.07, 6.45) is 1.61. The molecule has 1 aliphatic heterocycles. The molecule has 3 N–H and O–H groups in total. The van der Waals surface area contributed by atoms with E-state index in [0.29, 0.717) is 48.8 Å². The second kappa shape index (κ2) is 11.6. The molecular formula is C24H29ClN4O4. The van der Waals surface area contributed by atoms with Crippen molar-refractivity contribution < 1.29 is 19.1 Å². The average Bonchev–Trinajstić information content (AvgIpc) is 2.80. The zero-order valence-corrected chi connectivity index (χ0v) is 19.5. The Bertz CT molecular complexity index is 975. The molecule has 0 bridgehead atoms. The maximum atomic E-state index is 12.9. The number of hydrogen-bond acceptors (Lipinski definition) is 4. The summed E-state index contributed by atoms with van der Waals surface area (Å²) in [7, 11) is 1.58. The summed E-state index contributed by atoms with van der Waals surface area (Å²) < 4.78 is 5.24. The Labute approximate surface area is 198 Å². The van der Waals surface area contributed by atoms with Gasteiger partial charge in [-0.15, -0.1) is 0 Å². The predicted molar refractivity (Wildman–Crippen MR) is 128 cm³/mol. The lowest BCUT2D eigenvalue weighted by atomic mass is 10.0. The van der Waals surface area contributed by atoms with Gasteiger partial charge >= 0.3 is 6.03 Å². The predicted octanol–water partition coefficient (Wildman–Crippen LogP) is 3.21. The molecule has 4 amide bonds. The molecule has 3 rings (SSSR count). The van der Waals surface area contributed by atoms with Crippen LogP contribution in [-0.2, 0) is 16.0 Å². The number of nitrogens with one attached hydrogen (secondary N) is 3. The van der Waals surface area contributed by atoms with E-state index in [1.807, 2.05) is 24.3 Å². The van der Waals surface area contributed by atoms with E-state index in [2.05, 4.69) is 16.0 Å². The third-order valence-corrected chi connectivity index (χ3v) is 5.74. The highest BCUT2D eigenvalue weighted by Crippen LogP contribution is 2.17. The molecule has 176 valence electrons. The van der Waals surface area contributed by atoms with Crippen LogP contribution >= 0.6 is 11.6 Å². The monoisotopic (exact) mass is 472 g/mol. The van der Waals surface area contributed by atoms with Crippen LogP contribution in [-0.4, -0.2) is 55.0 Å². The molecule has 9 heteroatoms. The summed E-state index contributed by atoms with van der Waals surface area (Å²) in [5.41, 5.74) is 1.56. The summed E-state index contributed by atoms with van der Waals surface area (Å²) in [5, 5.41) is 9.23. The van der Waals surface area contributed by atoms with E-state index in [4.69, 9.17) is 16.3 Å². The van der Waals surface area contributed by atoms with Crippen molar-refractivity contribution in [3.8, 4) is 5.75 Å². The molecule has 33 heavy (non-hydrogen) atoms. The van der Waals surface area contributed by atoms with Crippen molar-refractivity contribution in [2.75, 3.05) is 25.5 Å². The maximum absolute atomic E-state index is 12.9. The first-order valence-electron chi connectivity index (χ1n) is 10.9. The number of hydrogen-bond donors (Lipinski definition) is 3. The number of rotatable bonds is 7. The van der Waals surface area contributed by atoms with Gasteiger partial charge in [0.15, 0.2) is 0 Å². The smallest absolute Gasteiger partial charge is 0.321 e. The first kappa shape index (κ1) is 24.4. The number of urea groups is 1. The first-order chi connectivity index (χ1) is 15.8. The third-order valence-electron chi connectivity index (χ3n) is 5.49. The number of amides is 4. The van der Waals surface area contributed by atoms with Gasteiger partial charge in [0.1, 0.15) is 11.8 Å². The number of likely N-dealkylation sites (tertiary alicyclic amines) is 1. The summed E-state index contributed by atoms with van der Waals surface area (Å²) in [4.78, 5) is 38.8. The number of piperidine rings is 1. The normalized spacial score (nSPS) is 14.8. The Morgan fingerprint density at radius 3 is 2.45 bits per heavy atom. The Morgan fingerprint density at radius 2 is 1.82 bits per heavy atom. The van der Waals surface area contributed by atoms with Gasteiger partial charge < -0.3 is 25.6 Å². The molecule has 2 aromatic carbocycles. The second-order valence-corrected chi connectivity index (χ2v) is 8.45. The minimum Gasteiger partial charge on any atom is -0.497 e. The van der Waals surface area contributed by atoms with E-state index in [1.165, 1.54) is 6.92 Å². The Hall–Kier alpha value is -3.26. The Kier molecular flexibility index (Phi) is 8.54. The van der Waals surface area contributed by atoms with Crippen molar-refractivity contribution in [2.45, 2.75) is 38.3 Å². The molecule has 1 atom stereocenters. The van der Waals surface area contributed by atoms with Crippen LogP contribution < -0.4 is 20.7 Å². The van der Waals surface area contributed by atoms with E-state index in [0.717, 1.165) is 5.56 Å². The molecule has 1 unspecified atom stereocenters. The number of nitrogens with zero attached hydrogens (tertiary/aromatic N) is 1. The van der Waals surface area contributed by atoms with Gasteiger partial charge in [0.05, 0.1) is 7.11 Å². The van der Waals surface area contributed by atoms with E-state index >= 15 is 0 Å². The van der Waals surface area contributed by atoms with Crippen LogP contribution in [0.3, 0.4) is 0 Å². The van der Waals surface area contributed by atoms with Gasteiger partial charge in [-0.1, -0.05) is 23.7 Å². The van der Waals surface area contributed by atoms with E-state index in [1.54, 1.807) is 36.3 Å². The Morgan fingerprint density at radius 1 is 1.12 bits per heavy atom. The van der Waals surface area contributed by atoms with Gasteiger partial charge in [-0.2, -0.15) is 0 Å². The number of anilines is 1. The molecule has 1 fully saturated rings. The van der Waals surface area contributed by atoms with E-state index in [9.17, 15) is 14.4 Å². The number of carbonyl (C=O) groups excluding carboxylic acids is 3. The standard InChI is InChI=1S/C24H29ClN4O4/c1-16(30)26-22(15-17-4-3-5-21(14-17)33-2)23(31)27-20-10-12-29(13-11-20)24(32)28-19-8-6-18(25)7-9-19/h3-9,14,20,22H,10-13,15H2,1-2H3,(H,26,30)(H,27,31)(H,28,32). The van der Waals surface area contributed by atoms with Crippen LogP contribution in [0.2, 0.25) is 5.02 Å². The maximum Gasteiger partial charge on any atom is 0.321 e. The molecule has 0 spiro atoms. The molecular weight excluding hydrogens is 444 g/mol. The average molecular weight is 473 g/mol. The van der Waals surface area contributed by atoms with Crippen molar-refractivity contribution in [1.29, 1.82) is 0 Å². The topological polar surface area (TPSA) is 99.8 Å².